The minimum atomic E-state index is -4.63. The summed E-state index contributed by atoms with van der Waals surface area (Å²) in [6.45, 7) is 1.04. The fourth-order valence-corrected chi connectivity index (χ4v) is 5.79. The Balaban J connectivity index is 0.000000446. The molecule has 1 fully saturated rings. The highest BCUT2D eigenvalue weighted by atomic mass is 32.2. The lowest BCUT2D eigenvalue weighted by Gasteiger charge is -2.29. The van der Waals surface area contributed by atoms with Crippen molar-refractivity contribution in [2.24, 2.45) is 0 Å². The summed E-state index contributed by atoms with van der Waals surface area (Å²) < 4.78 is 99.9. The lowest BCUT2D eigenvalue weighted by Crippen LogP contribution is -2.47. The molecule has 8 nitrogen and oxygen atoms in total. The summed E-state index contributed by atoms with van der Waals surface area (Å²) in [6, 6.07) is 10.1. The molecule has 2 unspecified atom stereocenters. The van der Waals surface area contributed by atoms with E-state index < -0.39 is 51.8 Å². The molecule has 0 bridgehead atoms. The molecule has 2 aromatic rings. The predicted molar refractivity (Wildman–Crippen MR) is 141 cm³/mol. The largest absolute Gasteiger partial charge is 0.435 e. The van der Waals surface area contributed by atoms with Crippen LogP contribution in [0.3, 0.4) is 0 Å². The summed E-state index contributed by atoms with van der Waals surface area (Å²) in [5, 5.41) is 13.6. The van der Waals surface area contributed by atoms with Crippen LogP contribution in [0, 0.1) is 18.3 Å². The fraction of sp³-hybridized carbons (Fsp3) is 0.481. The molecule has 0 aliphatic carbocycles. The van der Waals surface area contributed by atoms with E-state index in [1.807, 2.05) is 0 Å². The average molecular weight is 606 g/mol. The van der Waals surface area contributed by atoms with Crippen LogP contribution in [0.1, 0.15) is 42.5 Å². The Bertz CT molecular complexity index is 1260. The number of sulfone groups is 1. The molecule has 2 aromatic carbocycles. The minimum absolute atomic E-state index is 0.0101. The lowest BCUT2D eigenvalue weighted by atomic mass is 9.92. The van der Waals surface area contributed by atoms with E-state index in [2.05, 4.69) is 21.4 Å². The number of carbonyl (C=O) groups is 1. The SMILES string of the molecule is Cc1ccc(C(NC(C)CS(=O)(=O)Cc2ccccc2OC(F)F)C(F)(F)F)cc1.N#CC1(NC=O)CCOCC1. The van der Waals surface area contributed by atoms with Gasteiger partial charge in [0.15, 0.2) is 9.84 Å². The highest BCUT2D eigenvalue weighted by molar-refractivity contribution is 7.90. The number of amides is 1. The van der Waals surface area contributed by atoms with E-state index in [-0.39, 0.29) is 16.9 Å². The second-order valence-corrected chi connectivity index (χ2v) is 11.7. The maximum Gasteiger partial charge on any atom is 0.407 e. The summed E-state index contributed by atoms with van der Waals surface area (Å²) in [5.74, 6) is -1.54. The Hall–Kier alpha value is -3.28. The Labute approximate surface area is 235 Å². The van der Waals surface area contributed by atoms with Crippen molar-refractivity contribution >= 4 is 16.2 Å². The summed E-state index contributed by atoms with van der Waals surface area (Å²) >= 11 is 0. The number of benzene rings is 2. The molecule has 2 N–H and O–H groups in total. The van der Waals surface area contributed by atoms with Gasteiger partial charge in [-0.15, -0.1) is 0 Å². The van der Waals surface area contributed by atoms with Crippen LogP contribution in [0.5, 0.6) is 5.75 Å². The van der Waals surface area contributed by atoms with Crippen LogP contribution < -0.4 is 15.4 Å². The summed E-state index contributed by atoms with van der Waals surface area (Å²) in [5.41, 5.74) is 0.101. The standard InChI is InChI=1S/C20H22F5NO3S.C7H10N2O2/c1-13-7-9-15(10-8-13)18(20(23,24)25)26-14(2)11-30(27,28)12-16-5-3-4-6-17(16)29-19(21)22;8-5-7(9-6-10)1-3-11-4-2-7/h3-10,14,18-19,26H,11-12H2,1-2H3;6H,1-4H2,(H,9,10). The van der Waals surface area contributed by atoms with Crippen molar-refractivity contribution in [2.75, 3.05) is 19.0 Å². The van der Waals surface area contributed by atoms with E-state index in [0.717, 1.165) is 5.56 Å². The maximum absolute atomic E-state index is 13.5. The number of hydrogen-bond acceptors (Lipinski definition) is 7. The fourth-order valence-electron chi connectivity index (χ4n) is 4.10. The van der Waals surface area contributed by atoms with Gasteiger partial charge in [0.2, 0.25) is 6.41 Å². The van der Waals surface area contributed by atoms with Crippen molar-refractivity contribution in [2.45, 2.75) is 62.9 Å². The van der Waals surface area contributed by atoms with Gasteiger partial charge in [-0.2, -0.15) is 27.2 Å². The Morgan fingerprint density at radius 3 is 2.27 bits per heavy atom. The van der Waals surface area contributed by atoms with Gasteiger partial charge in [-0.1, -0.05) is 48.0 Å². The van der Waals surface area contributed by atoms with Crippen LogP contribution in [-0.2, 0) is 25.1 Å². The smallest absolute Gasteiger partial charge is 0.407 e. The molecule has 226 valence electrons. The Morgan fingerprint density at radius 2 is 1.73 bits per heavy atom. The number of hydrogen-bond donors (Lipinski definition) is 2. The van der Waals surface area contributed by atoms with Crippen molar-refractivity contribution in [3.8, 4) is 11.8 Å². The van der Waals surface area contributed by atoms with Crippen LogP contribution in [-0.4, -0.2) is 58.2 Å². The number of alkyl halides is 5. The third kappa shape index (κ3) is 11.3. The van der Waals surface area contributed by atoms with Crippen LogP contribution in [0.25, 0.3) is 0 Å². The molecule has 3 rings (SSSR count). The molecular weight excluding hydrogens is 573 g/mol. The first-order valence-corrected chi connectivity index (χ1v) is 14.4. The van der Waals surface area contributed by atoms with Gasteiger partial charge in [0, 0.05) is 37.7 Å². The maximum atomic E-state index is 13.5. The van der Waals surface area contributed by atoms with Crippen molar-refractivity contribution in [1.29, 1.82) is 5.26 Å². The van der Waals surface area contributed by atoms with Gasteiger partial charge in [0.1, 0.15) is 17.3 Å². The molecule has 1 heterocycles. The molecule has 2 atom stereocenters. The number of rotatable bonds is 11. The van der Waals surface area contributed by atoms with E-state index >= 15 is 0 Å². The highest BCUT2D eigenvalue weighted by Crippen LogP contribution is 2.33. The zero-order chi connectivity index (χ0) is 30.7. The first-order chi connectivity index (χ1) is 19.2. The second-order valence-electron chi connectivity index (χ2n) is 9.56. The van der Waals surface area contributed by atoms with E-state index in [9.17, 15) is 35.2 Å². The van der Waals surface area contributed by atoms with E-state index in [1.54, 1.807) is 6.92 Å². The van der Waals surface area contributed by atoms with Gasteiger partial charge in [-0.3, -0.25) is 10.1 Å². The highest BCUT2D eigenvalue weighted by Gasteiger charge is 2.41. The summed E-state index contributed by atoms with van der Waals surface area (Å²) in [4.78, 5) is 10.1. The topological polar surface area (TPSA) is 118 Å². The zero-order valence-electron chi connectivity index (χ0n) is 22.5. The number of carbonyl (C=O) groups excluding carboxylic acids is 1. The van der Waals surface area contributed by atoms with E-state index in [0.29, 0.717) is 32.5 Å². The first kappa shape index (κ1) is 33.9. The monoisotopic (exact) mass is 605 g/mol. The average Bonchev–Trinajstić information content (AvgIpc) is 2.89. The molecule has 0 radical (unpaired) electrons. The van der Waals surface area contributed by atoms with Gasteiger partial charge in [-0.05, 0) is 25.5 Å². The molecular formula is C27H32F5N3O5S. The second kappa shape index (κ2) is 15.1. The summed E-state index contributed by atoms with van der Waals surface area (Å²) in [6.07, 6.45) is -2.88. The normalized spacial score (nSPS) is 16.5. The molecule has 0 aromatic heterocycles. The number of nitriles is 1. The van der Waals surface area contributed by atoms with Crippen molar-refractivity contribution < 1.29 is 44.6 Å². The van der Waals surface area contributed by atoms with Gasteiger partial charge >= 0.3 is 12.8 Å². The molecule has 0 saturated carbocycles. The third-order valence-electron chi connectivity index (χ3n) is 6.15. The van der Waals surface area contributed by atoms with Crippen molar-refractivity contribution in [3.63, 3.8) is 0 Å². The van der Waals surface area contributed by atoms with Gasteiger partial charge in [-0.25, -0.2) is 8.42 Å². The number of halogens is 5. The van der Waals surface area contributed by atoms with Gasteiger partial charge < -0.3 is 14.8 Å². The van der Waals surface area contributed by atoms with Crippen molar-refractivity contribution in [3.05, 3.63) is 65.2 Å². The Morgan fingerprint density at radius 1 is 1.12 bits per heavy atom. The molecule has 0 spiro atoms. The predicted octanol–water partition coefficient (Wildman–Crippen LogP) is 4.60. The number of nitrogens with one attached hydrogen (secondary N) is 2. The van der Waals surface area contributed by atoms with Crippen LogP contribution in [0.15, 0.2) is 48.5 Å². The Kier molecular flexibility index (Phi) is 12.5. The molecule has 1 aliphatic rings. The molecule has 1 aliphatic heterocycles. The summed E-state index contributed by atoms with van der Waals surface area (Å²) in [7, 11) is -3.93. The molecule has 41 heavy (non-hydrogen) atoms. The molecule has 14 heteroatoms. The van der Waals surface area contributed by atoms with Crippen molar-refractivity contribution in [1.82, 2.24) is 10.6 Å². The molecule has 1 saturated heterocycles. The minimum Gasteiger partial charge on any atom is -0.435 e. The number of para-hydroxylation sites is 1. The number of aryl methyl sites for hydroxylation is 1. The zero-order valence-corrected chi connectivity index (χ0v) is 23.3. The van der Waals surface area contributed by atoms with Crippen LogP contribution >= 0.6 is 0 Å². The van der Waals surface area contributed by atoms with Crippen LogP contribution in [0.4, 0.5) is 22.0 Å². The van der Waals surface area contributed by atoms with E-state index in [1.165, 1.54) is 55.5 Å². The van der Waals surface area contributed by atoms with Gasteiger partial charge in [0.25, 0.3) is 0 Å². The first-order valence-electron chi connectivity index (χ1n) is 12.5. The number of nitrogens with zero attached hydrogens (tertiary/aromatic N) is 1. The van der Waals surface area contributed by atoms with E-state index in [4.69, 9.17) is 10.00 Å². The third-order valence-corrected chi connectivity index (χ3v) is 7.91. The number of ether oxygens (including phenoxy) is 2. The van der Waals surface area contributed by atoms with Crippen LogP contribution in [0.2, 0.25) is 0 Å². The lowest BCUT2D eigenvalue weighted by molar-refractivity contribution is -0.159. The quantitative estimate of drug-likeness (QED) is 0.284. The van der Waals surface area contributed by atoms with Gasteiger partial charge in [0.05, 0.1) is 17.6 Å². The molecule has 1 amide bonds.